The summed E-state index contributed by atoms with van der Waals surface area (Å²) in [7, 11) is 1.69. The standard InChI is InChI=1S/C27H29FN4O3S/c1-5-29-25(33)20-12-18-19(14-31(4)26(34)23(18)30-20)24-22(11-17(36-24)13-27(2,3)35)32-9-8-15-10-16(28)6-7-21(15)32/h6-7,10-12,14,30,35H,5,8-9,13H2,1-4H3,(H,29,33). The average Bonchev–Trinajstić information content (AvgIpc) is 3.51. The number of nitrogens with one attached hydrogen (secondary N) is 2. The molecule has 0 radical (unpaired) electrons. The normalized spacial score (nSPS) is 13.4. The molecule has 0 bridgehead atoms. The van der Waals surface area contributed by atoms with Gasteiger partial charge in [-0.2, -0.15) is 0 Å². The number of rotatable bonds is 6. The molecule has 36 heavy (non-hydrogen) atoms. The van der Waals surface area contributed by atoms with Crippen LogP contribution < -0.4 is 15.8 Å². The molecule has 3 aromatic heterocycles. The molecule has 4 aromatic rings. The molecule has 188 valence electrons. The third kappa shape index (κ3) is 4.33. The highest BCUT2D eigenvalue weighted by Crippen LogP contribution is 2.46. The van der Waals surface area contributed by atoms with Gasteiger partial charge in [0.1, 0.15) is 17.0 Å². The summed E-state index contributed by atoms with van der Waals surface area (Å²) in [5.41, 5.74) is 3.22. The van der Waals surface area contributed by atoms with Crippen LogP contribution in [0.25, 0.3) is 21.3 Å². The molecule has 0 atom stereocenters. The van der Waals surface area contributed by atoms with Gasteiger partial charge in [0.05, 0.1) is 16.2 Å². The van der Waals surface area contributed by atoms with E-state index in [4.69, 9.17) is 0 Å². The van der Waals surface area contributed by atoms with Crippen LogP contribution in [0.3, 0.4) is 0 Å². The van der Waals surface area contributed by atoms with Gasteiger partial charge in [0, 0.05) is 54.3 Å². The molecule has 1 aliphatic heterocycles. The van der Waals surface area contributed by atoms with Gasteiger partial charge in [-0.15, -0.1) is 11.3 Å². The summed E-state index contributed by atoms with van der Waals surface area (Å²) in [5.74, 6) is -0.528. The monoisotopic (exact) mass is 508 g/mol. The first-order valence-corrected chi connectivity index (χ1v) is 12.8. The van der Waals surface area contributed by atoms with E-state index in [1.807, 2.05) is 6.92 Å². The highest BCUT2D eigenvalue weighted by atomic mass is 32.1. The van der Waals surface area contributed by atoms with E-state index in [2.05, 4.69) is 21.3 Å². The first-order chi connectivity index (χ1) is 17.1. The van der Waals surface area contributed by atoms with Crippen LogP contribution in [0.1, 0.15) is 41.7 Å². The second kappa shape index (κ2) is 8.90. The number of anilines is 2. The zero-order valence-corrected chi connectivity index (χ0v) is 21.6. The van der Waals surface area contributed by atoms with E-state index in [1.165, 1.54) is 10.6 Å². The van der Waals surface area contributed by atoms with Crippen LogP contribution in [-0.4, -0.2) is 39.3 Å². The van der Waals surface area contributed by atoms with Crippen molar-refractivity contribution in [3.63, 3.8) is 0 Å². The Balaban J connectivity index is 1.73. The number of nitrogens with zero attached hydrogens (tertiary/aromatic N) is 2. The van der Waals surface area contributed by atoms with Crippen LogP contribution in [0, 0.1) is 5.82 Å². The van der Waals surface area contributed by atoms with Crippen molar-refractivity contribution in [1.82, 2.24) is 14.9 Å². The molecule has 0 aliphatic carbocycles. The maximum Gasteiger partial charge on any atom is 0.274 e. The lowest BCUT2D eigenvalue weighted by Gasteiger charge is -2.20. The van der Waals surface area contributed by atoms with Crippen molar-refractivity contribution in [3.05, 3.63) is 68.8 Å². The molecular weight excluding hydrogens is 479 g/mol. The molecule has 0 unspecified atom stereocenters. The number of hydrogen-bond donors (Lipinski definition) is 3. The molecule has 4 heterocycles. The Hall–Kier alpha value is -3.43. The van der Waals surface area contributed by atoms with Crippen molar-refractivity contribution in [3.8, 4) is 10.4 Å². The Bertz CT molecular complexity index is 1540. The van der Waals surface area contributed by atoms with Crippen LogP contribution in [0.15, 0.2) is 41.3 Å². The first kappa shape index (κ1) is 24.3. The summed E-state index contributed by atoms with van der Waals surface area (Å²) in [5, 5.41) is 14.0. The summed E-state index contributed by atoms with van der Waals surface area (Å²) < 4.78 is 15.4. The number of aromatic nitrogens is 2. The molecule has 9 heteroatoms. The highest BCUT2D eigenvalue weighted by molar-refractivity contribution is 7.16. The maximum absolute atomic E-state index is 13.9. The largest absolute Gasteiger partial charge is 0.390 e. The topological polar surface area (TPSA) is 90.4 Å². The number of hydrogen-bond acceptors (Lipinski definition) is 5. The maximum atomic E-state index is 13.9. The lowest BCUT2D eigenvalue weighted by atomic mass is 10.0. The van der Waals surface area contributed by atoms with Crippen LogP contribution in [0.4, 0.5) is 15.8 Å². The summed E-state index contributed by atoms with van der Waals surface area (Å²) in [6.07, 6.45) is 2.98. The minimum Gasteiger partial charge on any atom is -0.390 e. The van der Waals surface area contributed by atoms with Gasteiger partial charge in [-0.1, -0.05) is 0 Å². The molecule has 0 saturated heterocycles. The quantitative estimate of drug-likeness (QED) is 0.358. The molecule has 1 aliphatic rings. The number of fused-ring (bicyclic) bond motifs is 2. The number of benzene rings is 1. The molecule has 0 saturated carbocycles. The number of aliphatic hydroxyl groups is 1. The fourth-order valence-electron chi connectivity index (χ4n) is 4.85. The molecule has 1 amide bonds. The van der Waals surface area contributed by atoms with Crippen LogP contribution in [0.5, 0.6) is 0 Å². The number of pyridine rings is 1. The lowest BCUT2D eigenvalue weighted by molar-refractivity contribution is 0.0818. The third-order valence-electron chi connectivity index (χ3n) is 6.39. The number of thiophene rings is 1. The molecular formula is C27H29FN4O3S. The average molecular weight is 509 g/mol. The van der Waals surface area contributed by atoms with Gasteiger partial charge >= 0.3 is 0 Å². The second-order valence-corrected chi connectivity index (χ2v) is 11.0. The predicted octanol–water partition coefficient (Wildman–Crippen LogP) is 4.49. The number of carbonyl (C=O) groups excluding carboxylic acids is 1. The van der Waals surface area contributed by atoms with Crippen molar-refractivity contribution in [2.45, 2.75) is 39.2 Å². The van der Waals surface area contributed by atoms with Gasteiger partial charge in [0.2, 0.25) is 0 Å². The van der Waals surface area contributed by atoms with Crippen LogP contribution in [-0.2, 0) is 19.9 Å². The molecule has 3 N–H and O–H groups in total. The Kier molecular flexibility index (Phi) is 6.00. The fourth-order valence-corrected chi connectivity index (χ4v) is 6.26. The van der Waals surface area contributed by atoms with Crippen molar-refractivity contribution < 1.29 is 14.3 Å². The van der Waals surface area contributed by atoms with Crippen molar-refractivity contribution in [1.29, 1.82) is 0 Å². The first-order valence-electron chi connectivity index (χ1n) is 12.0. The Morgan fingerprint density at radius 2 is 2.03 bits per heavy atom. The van der Waals surface area contributed by atoms with E-state index in [1.54, 1.807) is 56.6 Å². The Labute approximate surface area is 212 Å². The van der Waals surface area contributed by atoms with Gasteiger partial charge in [-0.05, 0) is 63.1 Å². The number of aryl methyl sites for hydroxylation is 1. The molecule has 1 aromatic carbocycles. The second-order valence-electron chi connectivity index (χ2n) is 9.88. The lowest BCUT2D eigenvalue weighted by Crippen LogP contribution is -2.23. The van der Waals surface area contributed by atoms with Crippen molar-refractivity contribution in [2.75, 3.05) is 18.0 Å². The van der Waals surface area contributed by atoms with Gasteiger partial charge in [-0.25, -0.2) is 4.39 Å². The van der Waals surface area contributed by atoms with E-state index in [0.717, 1.165) is 38.7 Å². The van der Waals surface area contributed by atoms with E-state index < -0.39 is 5.60 Å². The third-order valence-corrected chi connectivity index (χ3v) is 7.55. The number of H-pyrrole nitrogens is 1. The van der Waals surface area contributed by atoms with Gasteiger partial charge in [-0.3, -0.25) is 9.59 Å². The van der Waals surface area contributed by atoms with Crippen molar-refractivity contribution in [2.24, 2.45) is 7.05 Å². The van der Waals surface area contributed by atoms with Crippen molar-refractivity contribution >= 4 is 39.5 Å². The Morgan fingerprint density at radius 3 is 2.75 bits per heavy atom. The number of halogens is 1. The minimum absolute atomic E-state index is 0.221. The summed E-state index contributed by atoms with van der Waals surface area (Å²) in [6, 6.07) is 8.65. The molecule has 7 nitrogen and oxygen atoms in total. The molecule has 5 rings (SSSR count). The number of carbonyl (C=O) groups is 1. The highest BCUT2D eigenvalue weighted by Gasteiger charge is 2.28. The van der Waals surface area contributed by atoms with Gasteiger partial charge in [0.15, 0.2) is 0 Å². The van der Waals surface area contributed by atoms with E-state index >= 15 is 0 Å². The number of aromatic amines is 1. The predicted molar refractivity (Wildman–Crippen MR) is 142 cm³/mol. The number of amides is 1. The summed E-state index contributed by atoms with van der Waals surface area (Å²) in [4.78, 5) is 32.6. The fraction of sp³-hybridized carbons (Fsp3) is 0.333. The van der Waals surface area contributed by atoms with E-state index in [9.17, 15) is 19.1 Å². The molecule has 0 fully saturated rings. The summed E-state index contributed by atoms with van der Waals surface area (Å²) >= 11 is 1.56. The van der Waals surface area contributed by atoms with Gasteiger partial charge in [0.25, 0.3) is 11.5 Å². The van der Waals surface area contributed by atoms with Crippen LogP contribution >= 0.6 is 11.3 Å². The summed E-state index contributed by atoms with van der Waals surface area (Å²) in [6.45, 7) is 6.55. The zero-order valence-electron chi connectivity index (χ0n) is 20.7. The molecule has 0 spiro atoms. The zero-order chi connectivity index (χ0) is 25.8. The van der Waals surface area contributed by atoms with E-state index in [-0.39, 0.29) is 17.3 Å². The smallest absolute Gasteiger partial charge is 0.274 e. The Morgan fingerprint density at radius 1 is 1.25 bits per heavy atom. The van der Waals surface area contributed by atoms with E-state index in [0.29, 0.717) is 36.1 Å². The van der Waals surface area contributed by atoms with Gasteiger partial charge < -0.3 is 24.9 Å². The minimum atomic E-state index is -0.899. The SMILES string of the molecule is CCNC(=O)c1cc2c(-c3sc(CC(C)(C)O)cc3N3CCc4cc(F)ccc43)cn(C)c(=O)c2[nH]1. The van der Waals surface area contributed by atoms with Crippen LogP contribution in [0.2, 0.25) is 0 Å².